The number of hydrogen-bond donors (Lipinski definition) is 1. The Morgan fingerprint density at radius 2 is 2.11 bits per heavy atom. The number of oxime groups is 1. The highest BCUT2D eigenvalue weighted by Gasteiger charge is 2.01. The van der Waals surface area contributed by atoms with Gasteiger partial charge in [0.15, 0.2) is 6.61 Å². The van der Waals surface area contributed by atoms with Crippen molar-refractivity contribution in [3.05, 3.63) is 34.3 Å². The monoisotopic (exact) mass is 312 g/mol. The van der Waals surface area contributed by atoms with E-state index in [-0.39, 0.29) is 12.5 Å². The summed E-state index contributed by atoms with van der Waals surface area (Å²) in [6.45, 7) is 4.66. The molecule has 1 aromatic rings. The van der Waals surface area contributed by atoms with Crippen LogP contribution in [0.25, 0.3) is 0 Å². The van der Waals surface area contributed by atoms with Crippen LogP contribution < -0.4 is 5.32 Å². The topological polar surface area (TPSA) is 50.7 Å². The maximum atomic E-state index is 11.3. The molecule has 0 saturated carbocycles. The Morgan fingerprint density at radius 1 is 1.44 bits per heavy atom. The maximum absolute atomic E-state index is 11.3. The maximum Gasteiger partial charge on any atom is 0.260 e. The molecular formula is C13H17BrN2O2. The largest absolute Gasteiger partial charge is 0.386 e. The van der Waals surface area contributed by atoms with Crippen molar-refractivity contribution in [1.82, 2.24) is 5.32 Å². The average Bonchev–Trinajstić information content (AvgIpc) is 2.34. The number of rotatable bonds is 6. The molecule has 18 heavy (non-hydrogen) atoms. The molecule has 4 nitrogen and oxygen atoms in total. The van der Waals surface area contributed by atoms with Gasteiger partial charge < -0.3 is 10.2 Å². The molecule has 0 aromatic heterocycles. The van der Waals surface area contributed by atoms with Gasteiger partial charge in [0.2, 0.25) is 0 Å². The lowest BCUT2D eigenvalue weighted by Gasteiger charge is -2.06. The summed E-state index contributed by atoms with van der Waals surface area (Å²) in [6, 6.07) is 7.62. The lowest BCUT2D eigenvalue weighted by molar-refractivity contribution is -0.125. The zero-order valence-corrected chi connectivity index (χ0v) is 12.1. The van der Waals surface area contributed by atoms with Crippen LogP contribution in [0.5, 0.6) is 0 Å². The van der Waals surface area contributed by atoms with Crippen LogP contribution in [0.2, 0.25) is 0 Å². The molecule has 1 N–H and O–H groups in total. The fraction of sp³-hybridized carbons (Fsp3) is 0.385. The van der Waals surface area contributed by atoms with Gasteiger partial charge in [-0.25, -0.2) is 0 Å². The lowest BCUT2D eigenvalue weighted by Crippen LogP contribution is -2.30. The number of halogens is 1. The van der Waals surface area contributed by atoms with Gasteiger partial charge in [-0.05, 0) is 23.6 Å². The van der Waals surface area contributed by atoms with Gasteiger partial charge >= 0.3 is 0 Å². The molecule has 1 aromatic carbocycles. The minimum absolute atomic E-state index is 0.0558. The van der Waals surface area contributed by atoms with Crippen molar-refractivity contribution in [1.29, 1.82) is 0 Å². The summed E-state index contributed by atoms with van der Waals surface area (Å²) in [6.07, 6.45) is 1.57. The van der Waals surface area contributed by atoms with Gasteiger partial charge in [0.25, 0.3) is 5.91 Å². The van der Waals surface area contributed by atoms with E-state index in [1.807, 2.05) is 38.1 Å². The quantitative estimate of drug-likeness (QED) is 0.648. The third-order valence-corrected chi connectivity index (χ3v) is 2.58. The second-order valence-corrected chi connectivity index (χ2v) is 5.17. The van der Waals surface area contributed by atoms with Crippen molar-refractivity contribution in [3.63, 3.8) is 0 Å². The molecule has 1 amide bonds. The number of carbonyl (C=O) groups is 1. The van der Waals surface area contributed by atoms with E-state index in [1.54, 1.807) is 6.21 Å². The molecule has 1 rings (SSSR count). The van der Waals surface area contributed by atoms with Gasteiger partial charge in [-0.15, -0.1) is 0 Å². The van der Waals surface area contributed by atoms with Gasteiger partial charge in [0.1, 0.15) is 0 Å². The highest BCUT2D eigenvalue weighted by Crippen LogP contribution is 2.08. The van der Waals surface area contributed by atoms with Gasteiger partial charge in [-0.3, -0.25) is 4.79 Å². The second-order valence-electron chi connectivity index (χ2n) is 4.26. The van der Waals surface area contributed by atoms with Crippen LogP contribution in [0.4, 0.5) is 0 Å². The summed E-state index contributed by atoms with van der Waals surface area (Å²) in [7, 11) is 0. The molecule has 0 spiro atoms. The highest BCUT2D eigenvalue weighted by molar-refractivity contribution is 9.10. The van der Waals surface area contributed by atoms with Gasteiger partial charge in [0, 0.05) is 11.0 Å². The smallest absolute Gasteiger partial charge is 0.260 e. The van der Waals surface area contributed by atoms with E-state index >= 15 is 0 Å². The van der Waals surface area contributed by atoms with Crippen LogP contribution >= 0.6 is 15.9 Å². The van der Waals surface area contributed by atoms with E-state index in [0.717, 1.165) is 10.0 Å². The molecule has 0 unspecified atom stereocenters. The number of carbonyl (C=O) groups excluding carboxylic acids is 1. The molecule has 0 aliphatic heterocycles. The highest BCUT2D eigenvalue weighted by atomic mass is 79.9. The molecule has 0 atom stereocenters. The van der Waals surface area contributed by atoms with Crippen molar-refractivity contribution in [2.45, 2.75) is 13.8 Å². The first-order valence-electron chi connectivity index (χ1n) is 5.75. The van der Waals surface area contributed by atoms with E-state index < -0.39 is 0 Å². The first kappa shape index (κ1) is 14.7. The number of nitrogens with one attached hydrogen (secondary N) is 1. The summed E-state index contributed by atoms with van der Waals surface area (Å²) in [4.78, 5) is 16.2. The van der Waals surface area contributed by atoms with Crippen molar-refractivity contribution >= 4 is 28.1 Å². The standard InChI is InChI=1S/C13H17BrN2O2/c1-10(2)7-15-13(17)9-18-16-8-11-3-5-12(14)6-4-11/h3-6,8,10H,7,9H2,1-2H3,(H,15,17)/b16-8-. The molecule has 98 valence electrons. The molecule has 5 heteroatoms. The van der Waals surface area contributed by atoms with E-state index in [2.05, 4.69) is 26.4 Å². The summed E-state index contributed by atoms with van der Waals surface area (Å²) in [5.74, 6) is 0.275. The Morgan fingerprint density at radius 3 is 2.72 bits per heavy atom. The molecule has 0 heterocycles. The first-order chi connectivity index (χ1) is 8.58. The molecular weight excluding hydrogens is 296 g/mol. The fourth-order valence-electron chi connectivity index (χ4n) is 1.11. The van der Waals surface area contributed by atoms with Crippen molar-refractivity contribution in [2.24, 2.45) is 11.1 Å². The fourth-order valence-corrected chi connectivity index (χ4v) is 1.38. The average molecular weight is 313 g/mol. The number of benzene rings is 1. The predicted octanol–water partition coefficient (Wildman–Crippen LogP) is 2.57. The number of nitrogens with zero attached hydrogens (tertiary/aromatic N) is 1. The van der Waals surface area contributed by atoms with Crippen LogP contribution in [0.3, 0.4) is 0 Å². The Hall–Kier alpha value is -1.36. The molecule has 0 aliphatic rings. The Kier molecular flexibility index (Phi) is 6.43. The Labute approximate surface area is 116 Å². The second kappa shape index (κ2) is 7.87. The van der Waals surface area contributed by atoms with E-state index in [4.69, 9.17) is 4.84 Å². The van der Waals surface area contributed by atoms with Crippen LogP contribution in [-0.4, -0.2) is 25.3 Å². The number of amides is 1. The summed E-state index contributed by atoms with van der Waals surface area (Å²) < 4.78 is 1.01. The summed E-state index contributed by atoms with van der Waals surface area (Å²) in [5, 5.41) is 6.48. The minimum Gasteiger partial charge on any atom is -0.386 e. The third-order valence-electron chi connectivity index (χ3n) is 2.05. The summed E-state index contributed by atoms with van der Waals surface area (Å²) >= 11 is 3.35. The van der Waals surface area contributed by atoms with Gasteiger partial charge in [-0.1, -0.05) is 47.1 Å². The molecule has 0 radical (unpaired) electrons. The van der Waals surface area contributed by atoms with Crippen LogP contribution in [0, 0.1) is 5.92 Å². The van der Waals surface area contributed by atoms with Crippen molar-refractivity contribution in [2.75, 3.05) is 13.2 Å². The van der Waals surface area contributed by atoms with Crippen LogP contribution in [0.1, 0.15) is 19.4 Å². The Balaban J connectivity index is 2.24. The third kappa shape index (κ3) is 6.39. The Bertz CT molecular complexity index is 402. The van der Waals surface area contributed by atoms with Crippen LogP contribution in [-0.2, 0) is 9.63 Å². The molecule has 0 fully saturated rings. The molecule has 0 aliphatic carbocycles. The first-order valence-corrected chi connectivity index (χ1v) is 6.55. The van der Waals surface area contributed by atoms with Crippen LogP contribution in [0.15, 0.2) is 33.9 Å². The lowest BCUT2D eigenvalue weighted by atomic mass is 10.2. The van der Waals surface area contributed by atoms with E-state index in [1.165, 1.54) is 0 Å². The number of hydrogen-bond acceptors (Lipinski definition) is 3. The normalized spacial score (nSPS) is 10.9. The van der Waals surface area contributed by atoms with Crippen molar-refractivity contribution < 1.29 is 9.63 Å². The van der Waals surface area contributed by atoms with Crippen molar-refractivity contribution in [3.8, 4) is 0 Å². The zero-order chi connectivity index (χ0) is 13.4. The van der Waals surface area contributed by atoms with Gasteiger partial charge in [0.05, 0.1) is 6.21 Å². The summed E-state index contributed by atoms with van der Waals surface area (Å²) in [5.41, 5.74) is 0.917. The zero-order valence-electron chi connectivity index (χ0n) is 10.5. The minimum atomic E-state index is -0.156. The predicted molar refractivity (Wildman–Crippen MR) is 75.5 cm³/mol. The van der Waals surface area contributed by atoms with E-state index in [0.29, 0.717) is 12.5 Å². The molecule has 0 saturated heterocycles. The van der Waals surface area contributed by atoms with Gasteiger partial charge in [-0.2, -0.15) is 0 Å². The van der Waals surface area contributed by atoms with E-state index in [9.17, 15) is 4.79 Å². The molecule has 0 bridgehead atoms. The SMILES string of the molecule is CC(C)CNC(=O)CO/N=C\c1ccc(Br)cc1.